The van der Waals surface area contributed by atoms with Crippen LogP contribution < -0.4 is 9.47 Å². The molecule has 0 saturated heterocycles. The van der Waals surface area contributed by atoms with Gasteiger partial charge in [-0.05, 0) is 30.4 Å². The molecule has 0 heterocycles. The van der Waals surface area contributed by atoms with Crippen LogP contribution in [0.3, 0.4) is 0 Å². The fourth-order valence-electron chi connectivity index (χ4n) is 1.59. The Morgan fingerprint density at radius 3 is 2.53 bits per heavy atom. The van der Waals surface area contributed by atoms with Gasteiger partial charge in [-0.15, -0.1) is 0 Å². The van der Waals surface area contributed by atoms with Crippen molar-refractivity contribution in [3.63, 3.8) is 0 Å². The monoisotopic (exact) mass is 206 g/mol. The molecule has 0 atom stereocenters. The van der Waals surface area contributed by atoms with E-state index in [-0.39, 0.29) is 0 Å². The second-order valence-corrected chi connectivity index (χ2v) is 4.38. The highest BCUT2D eigenvalue weighted by Gasteiger charge is 2.25. The topological polar surface area (TPSA) is 18.5 Å². The Hall–Kier alpha value is -1.18. The lowest BCUT2D eigenvalue weighted by molar-refractivity contribution is 0.296. The first-order valence-electron chi connectivity index (χ1n) is 5.55. The summed E-state index contributed by atoms with van der Waals surface area (Å²) >= 11 is 0. The first-order valence-corrected chi connectivity index (χ1v) is 5.55. The summed E-state index contributed by atoms with van der Waals surface area (Å²) in [6, 6.07) is 6.09. The molecule has 2 heteroatoms. The lowest BCUT2D eigenvalue weighted by atomic mass is 10.0. The summed E-state index contributed by atoms with van der Waals surface area (Å²) in [6.07, 6.45) is 2.82. The average molecular weight is 206 g/mol. The van der Waals surface area contributed by atoms with Gasteiger partial charge in [0, 0.05) is 6.07 Å². The average Bonchev–Trinajstić information content (AvgIpc) is 3.01. The maximum absolute atomic E-state index is 5.88. The van der Waals surface area contributed by atoms with E-state index in [1.165, 1.54) is 18.4 Å². The minimum Gasteiger partial charge on any atom is -0.497 e. The van der Waals surface area contributed by atoms with E-state index < -0.39 is 0 Å². The molecule has 0 N–H and O–H groups in total. The Morgan fingerprint density at radius 1 is 1.27 bits per heavy atom. The van der Waals surface area contributed by atoms with E-state index in [0.29, 0.717) is 12.0 Å². The second-order valence-electron chi connectivity index (χ2n) is 4.38. The van der Waals surface area contributed by atoms with Crippen LogP contribution in [0, 0.1) is 0 Å². The van der Waals surface area contributed by atoms with Crippen molar-refractivity contribution >= 4 is 0 Å². The summed E-state index contributed by atoms with van der Waals surface area (Å²) in [7, 11) is 1.69. The number of rotatable bonds is 4. The van der Waals surface area contributed by atoms with Crippen molar-refractivity contribution in [2.75, 3.05) is 7.11 Å². The molecule has 15 heavy (non-hydrogen) atoms. The van der Waals surface area contributed by atoms with Crippen molar-refractivity contribution in [2.24, 2.45) is 0 Å². The summed E-state index contributed by atoms with van der Waals surface area (Å²) in [4.78, 5) is 0. The molecule has 0 amide bonds. The minimum atomic E-state index is 0.439. The van der Waals surface area contributed by atoms with Crippen molar-refractivity contribution in [1.29, 1.82) is 0 Å². The Bertz CT molecular complexity index is 340. The summed E-state index contributed by atoms with van der Waals surface area (Å²) < 4.78 is 11.1. The maximum atomic E-state index is 5.88. The number of hydrogen-bond donors (Lipinski definition) is 0. The third-order valence-electron chi connectivity index (χ3n) is 2.66. The van der Waals surface area contributed by atoms with Crippen LogP contribution in [0.15, 0.2) is 18.2 Å². The van der Waals surface area contributed by atoms with Crippen molar-refractivity contribution in [3.05, 3.63) is 23.8 Å². The van der Waals surface area contributed by atoms with Crippen LogP contribution in [0.1, 0.15) is 38.2 Å². The summed E-state index contributed by atoms with van der Waals surface area (Å²) in [6.45, 7) is 4.36. The molecule has 0 bridgehead atoms. The van der Waals surface area contributed by atoms with Crippen LogP contribution in [0.5, 0.6) is 11.5 Å². The van der Waals surface area contributed by atoms with Gasteiger partial charge in [-0.2, -0.15) is 0 Å². The quantitative estimate of drug-likeness (QED) is 0.752. The summed E-state index contributed by atoms with van der Waals surface area (Å²) in [5.74, 6) is 2.35. The van der Waals surface area contributed by atoms with Gasteiger partial charge in [-0.1, -0.05) is 19.9 Å². The predicted octanol–water partition coefficient (Wildman–Crippen LogP) is 3.36. The molecule has 0 radical (unpaired) electrons. The normalized spacial score (nSPS) is 15.5. The molecule has 0 spiro atoms. The molecule has 82 valence electrons. The SMILES string of the molecule is COc1ccc(C(C)C)c(OC2CC2)c1. The predicted molar refractivity (Wildman–Crippen MR) is 60.7 cm³/mol. The Labute approximate surface area is 91.2 Å². The highest BCUT2D eigenvalue weighted by atomic mass is 16.5. The molecule has 1 aromatic carbocycles. The first kappa shape index (κ1) is 10.3. The molecule has 0 aromatic heterocycles. The third kappa shape index (κ3) is 2.44. The zero-order valence-corrected chi connectivity index (χ0v) is 9.62. The Morgan fingerprint density at radius 2 is 2.00 bits per heavy atom. The molecule has 1 aromatic rings. The first-order chi connectivity index (χ1) is 7.20. The van der Waals surface area contributed by atoms with Gasteiger partial charge in [0.25, 0.3) is 0 Å². The molecule has 1 fully saturated rings. The Balaban J connectivity index is 2.26. The molecule has 2 nitrogen and oxygen atoms in total. The van der Waals surface area contributed by atoms with E-state index in [9.17, 15) is 0 Å². The molecule has 1 aliphatic rings. The van der Waals surface area contributed by atoms with E-state index in [1.807, 2.05) is 12.1 Å². The van der Waals surface area contributed by atoms with Gasteiger partial charge in [0.05, 0.1) is 13.2 Å². The van der Waals surface area contributed by atoms with Gasteiger partial charge in [-0.25, -0.2) is 0 Å². The molecular formula is C13H18O2. The molecule has 0 aliphatic heterocycles. The van der Waals surface area contributed by atoms with Crippen molar-refractivity contribution in [2.45, 2.75) is 38.7 Å². The van der Waals surface area contributed by atoms with E-state index in [4.69, 9.17) is 9.47 Å². The standard InChI is InChI=1S/C13H18O2/c1-9(2)12-7-6-11(14-3)8-13(12)15-10-4-5-10/h6-10H,4-5H2,1-3H3. The number of methoxy groups -OCH3 is 1. The smallest absolute Gasteiger partial charge is 0.126 e. The lowest BCUT2D eigenvalue weighted by Gasteiger charge is -2.14. The number of benzene rings is 1. The molecular weight excluding hydrogens is 188 g/mol. The van der Waals surface area contributed by atoms with Crippen molar-refractivity contribution in [1.82, 2.24) is 0 Å². The van der Waals surface area contributed by atoms with Crippen LogP contribution in [0.2, 0.25) is 0 Å². The molecule has 1 aliphatic carbocycles. The van der Waals surface area contributed by atoms with Gasteiger partial charge in [0.1, 0.15) is 11.5 Å². The number of hydrogen-bond acceptors (Lipinski definition) is 2. The van der Waals surface area contributed by atoms with Crippen molar-refractivity contribution in [3.8, 4) is 11.5 Å². The molecule has 2 rings (SSSR count). The fraction of sp³-hybridized carbons (Fsp3) is 0.538. The zero-order chi connectivity index (χ0) is 10.8. The molecule has 0 unspecified atom stereocenters. The summed E-state index contributed by atoms with van der Waals surface area (Å²) in [5.41, 5.74) is 1.27. The lowest BCUT2D eigenvalue weighted by Crippen LogP contribution is -2.01. The number of ether oxygens (including phenoxy) is 2. The highest BCUT2D eigenvalue weighted by Crippen LogP contribution is 2.35. The van der Waals surface area contributed by atoms with Gasteiger partial charge in [0.2, 0.25) is 0 Å². The van der Waals surface area contributed by atoms with Crippen LogP contribution in [0.25, 0.3) is 0 Å². The minimum absolute atomic E-state index is 0.439. The van der Waals surface area contributed by atoms with Crippen molar-refractivity contribution < 1.29 is 9.47 Å². The van der Waals surface area contributed by atoms with E-state index in [1.54, 1.807) is 7.11 Å². The largest absolute Gasteiger partial charge is 0.497 e. The van der Waals surface area contributed by atoms with Gasteiger partial charge in [0.15, 0.2) is 0 Å². The van der Waals surface area contributed by atoms with Gasteiger partial charge in [-0.3, -0.25) is 0 Å². The highest BCUT2D eigenvalue weighted by molar-refractivity contribution is 5.42. The van der Waals surface area contributed by atoms with Crippen LogP contribution in [-0.2, 0) is 0 Å². The van der Waals surface area contributed by atoms with E-state index >= 15 is 0 Å². The zero-order valence-electron chi connectivity index (χ0n) is 9.62. The van der Waals surface area contributed by atoms with Gasteiger partial charge < -0.3 is 9.47 Å². The second kappa shape index (κ2) is 4.13. The van der Waals surface area contributed by atoms with Gasteiger partial charge >= 0.3 is 0 Å². The van der Waals surface area contributed by atoms with Crippen LogP contribution in [-0.4, -0.2) is 13.2 Å². The summed E-state index contributed by atoms with van der Waals surface area (Å²) in [5, 5.41) is 0. The maximum Gasteiger partial charge on any atom is 0.126 e. The van der Waals surface area contributed by atoms with Crippen LogP contribution in [0.4, 0.5) is 0 Å². The Kier molecular flexibility index (Phi) is 2.85. The van der Waals surface area contributed by atoms with Crippen LogP contribution >= 0.6 is 0 Å². The fourth-order valence-corrected chi connectivity index (χ4v) is 1.59. The third-order valence-corrected chi connectivity index (χ3v) is 2.66. The van der Waals surface area contributed by atoms with E-state index in [0.717, 1.165) is 11.5 Å². The molecule has 1 saturated carbocycles. The van der Waals surface area contributed by atoms with E-state index in [2.05, 4.69) is 19.9 Å².